The van der Waals surface area contributed by atoms with E-state index in [1.54, 1.807) is 4.52 Å². The molecule has 122 valence electrons. The fourth-order valence-electron chi connectivity index (χ4n) is 2.83. The third kappa shape index (κ3) is 3.04. The van der Waals surface area contributed by atoms with Gasteiger partial charge in [0.1, 0.15) is 0 Å². The van der Waals surface area contributed by atoms with Gasteiger partial charge in [0.2, 0.25) is 6.10 Å². The first kappa shape index (κ1) is 15.5. The van der Waals surface area contributed by atoms with E-state index in [-0.39, 0.29) is 6.42 Å². The summed E-state index contributed by atoms with van der Waals surface area (Å²) in [4.78, 5) is 27.8. The molecule has 0 unspecified atom stereocenters. The molecule has 1 saturated heterocycles. The van der Waals surface area contributed by atoms with Crippen LogP contribution in [0, 0.1) is 20.8 Å². The predicted octanol–water partition coefficient (Wildman–Crippen LogP) is 1.45. The molecule has 0 spiro atoms. The van der Waals surface area contributed by atoms with Crippen LogP contribution in [0.1, 0.15) is 35.5 Å². The van der Waals surface area contributed by atoms with E-state index >= 15 is 0 Å². The lowest BCUT2D eigenvalue weighted by Crippen LogP contribution is -2.23. The number of aryl methyl sites for hydroxylation is 3. The maximum absolute atomic E-state index is 11.9. The molecule has 1 fully saturated rings. The molecule has 0 aliphatic carbocycles. The molecular formula is C16H19N3O4. The topological polar surface area (TPSA) is 82.8 Å². The summed E-state index contributed by atoms with van der Waals surface area (Å²) in [6.45, 7) is 6.11. The summed E-state index contributed by atoms with van der Waals surface area (Å²) in [5, 5.41) is 4.41. The van der Waals surface area contributed by atoms with E-state index in [2.05, 4.69) is 10.1 Å². The van der Waals surface area contributed by atoms with Crippen molar-refractivity contribution in [2.24, 2.45) is 0 Å². The van der Waals surface area contributed by atoms with Gasteiger partial charge in [0.25, 0.3) is 0 Å². The molecule has 1 atom stereocenters. The van der Waals surface area contributed by atoms with Gasteiger partial charge in [-0.3, -0.25) is 4.79 Å². The van der Waals surface area contributed by atoms with Crippen LogP contribution in [0.3, 0.4) is 0 Å². The van der Waals surface area contributed by atoms with Crippen LogP contribution in [0.4, 0.5) is 0 Å². The fraction of sp³-hybridized carbons (Fsp3) is 0.500. The Bertz CT molecular complexity index is 781. The van der Waals surface area contributed by atoms with Crippen molar-refractivity contribution in [1.82, 2.24) is 14.6 Å². The molecule has 0 amide bonds. The largest absolute Gasteiger partial charge is 0.463 e. The quantitative estimate of drug-likeness (QED) is 0.794. The molecule has 2 aromatic heterocycles. The van der Waals surface area contributed by atoms with Crippen molar-refractivity contribution < 1.29 is 19.1 Å². The molecule has 2 aromatic rings. The number of esters is 2. The summed E-state index contributed by atoms with van der Waals surface area (Å²) < 4.78 is 11.7. The Kier molecular flexibility index (Phi) is 4.02. The lowest BCUT2D eigenvalue weighted by molar-refractivity contribution is -0.160. The van der Waals surface area contributed by atoms with Gasteiger partial charge in [-0.1, -0.05) is 0 Å². The van der Waals surface area contributed by atoms with E-state index in [4.69, 9.17) is 9.47 Å². The Balaban J connectivity index is 1.71. The summed E-state index contributed by atoms with van der Waals surface area (Å²) in [5.74, 6) is -0.856. The van der Waals surface area contributed by atoms with Gasteiger partial charge >= 0.3 is 11.9 Å². The Hall–Kier alpha value is -2.44. The van der Waals surface area contributed by atoms with Crippen molar-refractivity contribution in [2.75, 3.05) is 6.61 Å². The Morgan fingerprint density at radius 1 is 1.43 bits per heavy atom. The van der Waals surface area contributed by atoms with Crippen LogP contribution >= 0.6 is 0 Å². The number of hydrogen-bond donors (Lipinski definition) is 0. The molecule has 0 saturated carbocycles. The number of nitrogens with zero attached hydrogens (tertiary/aromatic N) is 3. The molecule has 0 N–H and O–H groups in total. The lowest BCUT2D eigenvalue weighted by atomic mass is 10.1. The van der Waals surface area contributed by atoms with Gasteiger partial charge < -0.3 is 9.47 Å². The number of aromatic nitrogens is 3. The summed E-state index contributed by atoms with van der Waals surface area (Å²) in [6.07, 6.45) is 0.376. The standard InChI is InChI=1S/C16H19N3O4/c1-9-8-14-17-10(2)12(11(3)19(14)18-9)4-5-15(20)23-13-6-7-22-16(13)21/h8,13H,4-7H2,1-3H3/t13-/m1/s1. The Morgan fingerprint density at radius 3 is 2.91 bits per heavy atom. The first-order valence-corrected chi connectivity index (χ1v) is 7.64. The molecule has 0 radical (unpaired) electrons. The Morgan fingerprint density at radius 2 is 2.22 bits per heavy atom. The zero-order chi connectivity index (χ0) is 16.6. The lowest BCUT2D eigenvalue weighted by Gasteiger charge is -2.12. The van der Waals surface area contributed by atoms with Gasteiger partial charge in [0.15, 0.2) is 5.65 Å². The van der Waals surface area contributed by atoms with Crippen LogP contribution in [0.2, 0.25) is 0 Å². The smallest absolute Gasteiger partial charge is 0.347 e. The maximum atomic E-state index is 11.9. The molecule has 7 heteroatoms. The number of hydrogen-bond acceptors (Lipinski definition) is 6. The highest BCUT2D eigenvalue weighted by molar-refractivity contribution is 5.80. The van der Waals surface area contributed by atoms with E-state index in [1.807, 2.05) is 26.8 Å². The highest BCUT2D eigenvalue weighted by Gasteiger charge is 2.30. The minimum Gasteiger partial charge on any atom is -0.463 e. The molecule has 3 heterocycles. The Labute approximate surface area is 133 Å². The second kappa shape index (κ2) is 5.98. The number of carbonyl (C=O) groups is 2. The van der Waals surface area contributed by atoms with E-state index < -0.39 is 18.0 Å². The van der Waals surface area contributed by atoms with E-state index in [0.29, 0.717) is 19.4 Å². The van der Waals surface area contributed by atoms with Crippen LogP contribution in [0.25, 0.3) is 5.65 Å². The third-order valence-corrected chi connectivity index (χ3v) is 4.03. The first-order chi connectivity index (χ1) is 11.0. The molecule has 1 aliphatic rings. The monoisotopic (exact) mass is 317 g/mol. The first-order valence-electron chi connectivity index (χ1n) is 7.64. The van der Waals surface area contributed by atoms with Crippen LogP contribution in [-0.2, 0) is 25.5 Å². The van der Waals surface area contributed by atoms with E-state index in [9.17, 15) is 9.59 Å². The zero-order valence-electron chi connectivity index (χ0n) is 13.5. The van der Waals surface area contributed by atoms with Crippen molar-refractivity contribution in [1.29, 1.82) is 0 Å². The second-order valence-electron chi connectivity index (χ2n) is 5.75. The van der Waals surface area contributed by atoms with Crippen molar-refractivity contribution in [3.8, 4) is 0 Å². The number of rotatable bonds is 4. The molecule has 0 aromatic carbocycles. The molecule has 1 aliphatic heterocycles. The second-order valence-corrected chi connectivity index (χ2v) is 5.75. The minimum atomic E-state index is -0.751. The van der Waals surface area contributed by atoms with Crippen molar-refractivity contribution in [2.45, 2.75) is 46.1 Å². The highest BCUT2D eigenvalue weighted by atomic mass is 16.6. The summed E-state index contributed by atoms with van der Waals surface area (Å²) in [5.41, 5.74) is 4.53. The van der Waals surface area contributed by atoms with Crippen molar-refractivity contribution in [3.63, 3.8) is 0 Å². The predicted molar refractivity (Wildman–Crippen MR) is 81.0 cm³/mol. The molecular weight excluding hydrogens is 298 g/mol. The number of cyclic esters (lactones) is 1. The van der Waals surface area contributed by atoms with Crippen LogP contribution in [0.5, 0.6) is 0 Å². The van der Waals surface area contributed by atoms with Gasteiger partial charge in [0, 0.05) is 30.3 Å². The molecule has 23 heavy (non-hydrogen) atoms. The van der Waals surface area contributed by atoms with Gasteiger partial charge in [-0.2, -0.15) is 5.10 Å². The zero-order valence-corrected chi connectivity index (χ0v) is 13.5. The van der Waals surface area contributed by atoms with E-state index in [0.717, 1.165) is 28.3 Å². The number of carbonyl (C=O) groups excluding carboxylic acids is 2. The molecule has 7 nitrogen and oxygen atoms in total. The van der Waals surface area contributed by atoms with Gasteiger partial charge in [0.05, 0.1) is 12.3 Å². The average Bonchev–Trinajstić information content (AvgIpc) is 3.04. The summed E-state index contributed by atoms with van der Waals surface area (Å²) in [7, 11) is 0. The van der Waals surface area contributed by atoms with Gasteiger partial charge in [-0.25, -0.2) is 14.3 Å². The maximum Gasteiger partial charge on any atom is 0.347 e. The van der Waals surface area contributed by atoms with E-state index in [1.165, 1.54) is 0 Å². The normalized spacial score (nSPS) is 17.5. The SMILES string of the molecule is Cc1cc2nc(C)c(CCC(=O)O[C@@H]3CCOC3=O)c(C)n2n1. The van der Waals surface area contributed by atoms with Crippen LogP contribution < -0.4 is 0 Å². The van der Waals surface area contributed by atoms with Crippen molar-refractivity contribution >= 4 is 17.6 Å². The third-order valence-electron chi connectivity index (χ3n) is 4.03. The van der Waals surface area contributed by atoms with Crippen molar-refractivity contribution in [3.05, 3.63) is 28.7 Å². The molecule has 3 rings (SSSR count). The highest BCUT2D eigenvalue weighted by Crippen LogP contribution is 2.18. The van der Waals surface area contributed by atoms with Gasteiger partial charge in [-0.05, 0) is 32.8 Å². The number of fused-ring (bicyclic) bond motifs is 1. The van der Waals surface area contributed by atoms with Gasteiger partial charge in [-0.15, -0.1) is 0 Å². The molecule has 0 bridgehead atoms. The number of ether oxygens (including phenoxy) is 2. The average molecular weight is 317 g/mol. The fourth-order valence-corrected chi connectivity index (χ4v) is 2.83. The van der Waals surface area contributed by atoms with Crippen LogP contribution in [0.15, 0.2) is 6.07 Å². The van der Waals surface area contributed by atoms with Crippen LogP contribution in [-0.4, -0.2) is 39.2 Å². The summed E-state index contributed by atoms with van der Waals surface area (Å²) >= 11 is 0. The summed E-state index contributed by atoms with van der Waals surface area (Å²) in [6, 6.07) is 1.92. The minimum absolute atomic E-state index is 0.193.